The third-order valence-corrected chi connectivity index (χ3v) is 5.81. The van der Waals surface area contributed by atoms with E-state index in [0.29, 0.717) is 24.0 Å². The van der Waals surface area contributed by atoms with E-state index in [2.05, 4.69) is 15.5 Å². The minimum atomic E-state index is -0.713. The fourth-order valence-corrected chi connectivity index (χ4v) is 4.43. The van der Waals surface area contributed by atoms with E-state index in [1.165, 1.54) is 34.0 Å². The van der Waals surface area contributed by atoms with Gasteiger partial charge in [-0.1, -0.05) is 37.0 Å². The number of carbonyl (C=O) groups is 2. The number of nitrogens with one attached hydrogen (secondary N) is 1. The van der Waals surface area contributed by atoms with Gasteiger partial charge in [-0.25, -0.2) is 14.5 Å². The summed E-state index contributed by atoms with van der Waals surface area (Å²) in [5.74, 6) is 0.437. The van der Waals surface area contributed by atoms with Crippen LogP contribution in [-0.4, -0.2) is 59.0 Å². The molecular formula is C16H24ClN5O3S. The van der Waals surface area contributed by atoms with Crippen LogP contribution in [-0.2, 0) is 11.2 Å². The topological polar surface area (TPSA) is 87.7 Å². The molecule has 2 aliphatic rings. The number of aromatic nitrogens is 2. The SMILES string of the molecule is CN1CC(OC(=O)NC2CCCCCC2)N(c2nnc(CCCl)s2)C1=O. The molecular weight excluding hydrogens is 378 g/mol. The summed E-state index contributed by atoms with van der Waals surface area (Å²) in [5, 5.41) is 12.2. The zero-order valence-electron chi connectivity index (χ0n) is 14.8. The van der Waals surface area contributed by atoms with E-state index in [1.807, 2.05) is 0 Å². The summed E-state index contributed by atoms with van der Waals surface area (Å²) in [6.45, 7) is 0.293. The van der Waals surface area contributed by atoms with Crippen LogP contribution in [0.1, 0.15) is 43.5 Å². The van der Waals surface area contributed by atoms with E-state index in [9.17, 15) is 9.59 Å². The maximum absolute atomic E-state index is 12.5. The molecule has 1 aromatic rings. The molecule has 1 aromatic heterocycles. The Morgan fingerprint density at radius 3 is 2.73 bits per heavy atom. The van der Waals surface area contributed by atoms with Gasteiger partial charge in [-0.2, -0.15) is 0 Å². The highest BCUT2D eigenvalue weighted by Crippen LogP contribution is 2.28. The standard InChI is InChI=1S/C16H24ClN5O3S/c1-21-10-13(25-15(23)18-11-6-4-2-3-5-7-11)22(16(21)24)14-20-19-12(26-14)8-9-17/h11,13H,2-10H2,1H3,(H,18,23). The molecule has 144 valence electrons. The first kappa shape index (κ1) is 19.2. The van der Waals surface area contributed by atoms with Crippen LogP contribution in [0, 0.1) is 0 Å². The number of anilines is 1. The van der Waals surface area contributed by atoms with E-state index in [4.69, 9.17) is 16.3 Å². The Hall–Kier alpha value is -1.61. The lowest BCUT2D eigenvalue weighted by Crippen LogP contribution is -2.42. The second-order valence-corrected chi connectivity index (χ2v) is 8.06. The van der Waals surface area contributed by atoms with Gasteiger partial charge in [-0.05, 0) is 12.8 Å². The molecule has 10 heteroatoms. The van der Waals surface area contributed by atoms with Crippen LogP contribution >= 0.6 is 22.9 Å². The molecule has 1 aliphatic heterocycles. The van der Waals surface area contributed by atoms with Gasteiger partial charge in [0.25, 0.3) is 0 Å². The predicted octanol–water partition coefficient (Wildman–Crippen LogP) is 2.97. The van der Waals surface area contributed by atoms with Gasteiger partial charge >= 0.3 is 12.1 Å². The molecule has 3 rings (SSSR count). The van der Waals surface area contributed by atoms with Crippen molar-refractivity contribution < 1.29 is 14.3 Å². The monoisotopic (exact) mass is 401 g/mol. The summed E-state index contributed by atoms with van der Waals surface area (Å²) in [6.07, 6.45) is 6.00. The lowest BCUT2D eigenvalue weighted by atomic mass is 10.1. The van der Waals surface area contributed by atoms with Gasteiger partial charge in [0, 0.05) is 25.4 Å². The molecule has 1 atom stereocenters. The normalized spacial score (nSPS) is 21.8. The van der Waals surface area contributed by atoms with Gasteiger partial charge in [0.05, 0.1) is 6.54 Å². The molecule has 0 spiro atoms. The van der Waals surface area contributed by atoms with Crippen LogP contribution in [0.25, 0.3) is 0 Å². The molecule has 26 heavy (non-hydrogen) atoms. The van der Waals surface area contributed by atoms with Crippen LogP contribution in [0.3, 0.4) is 0 Å². The van der Waals surface area contributed by atoms with Crippen molar-refractivity contribution in [2.75, 3.05) is 24.4 Å². The van der Waals surface area contributed by atoms with E-state index in [-0.39, 0.29) is 12.1 Å². The smallest absolute Gasteiger partial charge is 0.409 e. The van der Waals surface area contributed by atoms with Gasteiger partial charge in [0.15, 0.2) is 0 Å². The molecule has 1 N–H and O–H groups in total. The number of ether oxygens (including phenoxy) is 1. The van der Waals surface area contributed by atoms with Gasteiger partial charge in [0.2, 0.25) is 11.4 Å². The van der Waals surface area contributed by atoms with Crippen molar-refractivity contribution in [3.63, 3.8) is 0 Å². The lowest BCUT2D eigenvalue weighted by molar-refractivity contribution is 0.0991. The second kappa shape index (κ2) is 8.85. The number of hydrogen-bond donors (Lipinski definition) is 1. The molecule has 1 saturated heterocycles. The van der Waals surface area contributed by atoms with Crippen LogP contribution in [0.4, 0.5) is 14.7 Å². The highest BCUT2D eigenvalue weighted by atomic mass is 35.5. The number of halogens is 1. The van der Waals surface area contributed by atoms with Crippen molar-refractivity contribution in [3.8, 4) is 0 Å². The van der Waals surface area contributed by atoms with Crippen molar-refractivity contribution in [1.29, 1.82) is 0 Å². The largest absolute Gasteiger partial charge is 0.423 e. The first-order valence-electron chi connectivity index (χ1n) is 8.98. The second-order valence-electron chi connectivity index (χ2n) is 6.64. The number of carbonyl (C=O) groups excluding carboxylic acids is 2. The summed E-state index contributed by atoms with van der Waals surface area (Å²) in [6, 6.07) is -0.115. The fraction of sp³-hybridized carbons (Fsp3) is 0.750. The van der Waals surface area contributed by atoms with E-state index >= 15 is 0 Å². The van der Waals surface area contributed by atoms with Crippen LogP contribution in [0.15, 0.2) is 0 Å². The number of likely N-dealkylation sites (N-methyl/N-ethyl adjacent to an activating group) is 1. The Kier molecular flexibility index (Phi) is 6.53. The molecule has 2 heterocycles. The number of nitrogens with zero attached hydrogens (tertiary/aromatic N) is 4. The van der Waals surface area contributed by atoms with Crippen molar-refractivity contribution in [3.05, 3.63) is 5.01 Å². The zero-order valence-corrected chi connectivity index (χ0v) is 16.4. The molecule has 3 amide bonds. The van der Waals surface area contributed by atoms with Gasteiger partial charge in [0.1, 0.15) is 5.01 Å². The Morgan fingerprint density at radius 2 is 2.04 bits per heavy atom. The number of alkyl carbamates (subject to hydrolysis) is 1. The number of hydrogen-bond acceptors (Lipinski definition) is 6. The Labute approximate surface area is 161 Å². The van der Waals surface area contributed by atoms with E-state index in [0.717, 1.165) is 30.7 Å². The maximum Gasteiger partial charge on any atom is 0.409 e. The van der Waals surface area contributed by atoms with Crippen molar-refractivity contribution in [2.24, 2.45) is 0 Å². The Balaban J connectivity index is 1.64. The van der Waals surface area contributed by atoms with Crippen LogP contribution in [0.2, 0.25) is 0 Å². The minimum absolute atomic E-state index is 0.144. The molecule has 1 saturated carbocycles. The first-order valence-corrected chi connectivity index (χ1v) is 10.3. The highest BCUT2D eigenvalue weighted by Gasteiger charge is 2.41. The highest BCUT2D eigenvalue weighted by molar-refractivity contribution is 7.15. The molecule has 1 unspecified atom stereocenters. The predicted molar refractivity (Wildman–Crippen MR) is 99.7 cm³/mol. The van der Waals surface area contributed by atoms with Crippen LogP contribution < -0.4 is 10.2 Å². The first-order chi connectivity index (χ1) is 12.6. The van der Waals surface area contributed by atoms with Crippen LogP contribution in [0.5, 0.6) is 0 Å². The summed E-state index contributed by atoms with van der Waals surface area (Å²) >= 11 is 7.02. The number of amides is 3. The van der Waals surface area contributed by atoms with E-state index < -0.39 is 12.3 Å². The number of aryl methyl sites for hydroxylation is 1. The van der Waals surface area contributed by atoms with Gasteiger partial charge in [-0.3, -0.25) is 0 Å². The number of rotatable bonds is 5. The third-order valence-electron chi connectivity index (χ3n) is 4.64. The fourth-order valence-electron chi connectivity index (χ4n) is 3.27. The summed E-state index contributed by atoms with van der Waals surface area (Å²) in [7, 11) is 1.67. The van der Waals surface area contributed by atoms with Gasteiger partial charge < -0.3 is 15.0 Å². The summed E-state index contributed by atoms with van der Waals surface area (Å²) in [4.78, 5) is 27.7. The summed E-state index contributed by atoms with van der Waals surface area (Å²) in [5.41, 5.74) is 0. The van der Waals surface area contributed by atoms with Crippen molar-refractivity contribution >= 4 is 40.2 Å². The molecule has 0 aromatic carbocycles. The average Bonchev–Trinajstić information content (AvgIpc) is 3.04. The zero-order chi connectivity index (χ0) is 18.5. The Morgan fingerprint density at radius 1 is 1.31 bits per heavy atom. The molecule has 2 fully saturated rings. The lowest BCUT2D eigenvalue weighted by Gasteiger charge is -2.22. The molecule has 0 radical (unpaired) electrons. The summed E-state index contributed by atoms with van der Waals surface area (Å²) < 4.78 is 5.56. The van der Waals surface area contributed by atoms with Gasteiger partial charge in [-0.15, -0.1) is 21.8 Å². The quantitative estimate of drug-likeness (QED) is 0.605. The Bertz CT molecular complexity index is 635. The van der Waals surface area contributed by atoms with Crippen molar-refractivity contribution in [1.82, 2.24) is 20.4 Å². The average molecular weight is 402 g/mol. The van der Waals surface area contributed by atoms with E-state index in [1.54, 1.807) is 7.05 Å². The van der Waals surface area contributed by atoms with Crippen molar-refractivity contribution in [2.45, 2.75) is 57.2 Å². The molecule has 8 nitrogen and oxygen atoms in total. The maximum atomic E-state index is 12.5. The molecule has 1 aliphatic carbocycles. The minimum Gasteiger partial charge on any atom is -0.423 e. The third kappa shape index (κ3) is 4.56. The number of urea groups is 1. The number of alkyl halides is 1. The molecule has 0 bridgehead atoms.